The van der Waals surface area contributed by atoms with Crippen molar-refractivity contribution in [3.8, 4) is 5.75 Å². The zero-order chi connectivity index (χ0) is 8.43. The molecule has 0 atom stereocenters. The topological polar surface area (TPSA) is 46.2 Å². The Morgan fingerprint density at radius 3 is 2.55 bits per heavy atom. The van der Waals surface area contributed by atoms with Crippen LogP contribution < -0.4 is 5.73 Å². The average molecular weight is 281 g/mol. The Balaban J connectivity index is 3.24. The Bertz CT molecular complexity index is 275. The van der Waals surface area contributed by atoms with Gasteiger partial charge in [0, 0.05) is 16.6 Å². The number of hydrogen-bond acceptors (Lipinski definition) is 2. The van der Waals surface area contributed by atoms with Crippen LogP contribution in [0.5, 0.6) is 5.75 Å². The maximum Gasteiger partial charge on any atom is 0.134 e. The first-order valence-corrected chi connectivity index (χ1v) is 4.60. The van der Waals surface area contributed by atoms with Gasteiger partial charge in [-0.25, -0.2) is 0 Å². The lowest BCUT2D eigenvalue weighted by Gasteiger charge is -2.03. The highest BCUT2D eigenvalue weighted by atomic mass is 79.9. The van der Waals surface area contributed by atoms with Gasteiger partial charge in [0.25, 0.3) is 0 Å². The Labute approximate surface area is 81.7 Å². The number of phenolic OH excluding ortho intramolecular Hbond substituents is 1. The second-order valence-electron chi connectivity index (χ2n) is 2.10. The quantitative estimate of drug-likeness (QED) is 0.830. The van der Waals surface area contributed by atoms with Crippen LogP contribution in [0.2, 0.25) is 0 Å². The van der Waals surface area contributed by atoms with Gasteiger partial charge in [-0.15, -0.1) is 0 Å². The van der Waals surface area contributed by atoms with Gasteiger partial charge in [0.15, 0.2) is 0 Å². The second-order valence-corrected chi connectivity index (χ2v) is 3.87. The summed E-state index contributed by atoms with van der Waals surface area (Å²) < 4.78 is 1.56. The number of phenols is 1. The molecule has 1 rings (SSSR count). The molecular formula is C7H7Br2NO. The lowest BCUT2D eigenvalue weighted by molar-refractivity contribution is 0.465. The van der Waals surface area contributed by atoms with Crippen molar-refractivity contribution < 1.29 is 5.11 Å². The van der Waals surface area contributed by atoms with E-state index in [0.29, 0.717) is 11.0 Å². The first-order chi connectivity index (χ1) is 5.15. The normalized spacial score (nSPS) is 10.1. The number of rotatable bonds is 1. The molecule has 0 heterocycles. The van der Waals surface area contributed by atoms with Gasteiger partial charge in [-0.05, 0) is 28.1 Å². The minimum Gasteiger partial charge on any atom is -0.506 e. The van der Waals surface area contributed by atoms with E-state index in [0.717, 1.165) is 10.0 Å². The lowest BCUT2D eigenvalue weighted by atomic mass is 10.2. The van der Waals surface area contributed by atoms with E-state index < -0.39 is 0 Å². The van der Waals surface area contributed by atoms with Crippen LogP contribution in [0.15, 0.2) is 21.1 Å². The van der Waals surface area contributed by atoms with Gasteiger partial charge in [0.1, 0.15) is 5.75 Å². The molecule has 0 saturated heterocycles. The highest BCUT2D eigenvalue weighted by Gasteiger charge is 2.04. The van der Waals surface area contributed by atoms with Crippen molar-refractivity contribution in [3.05, 3.63) is 26.6 Å². The van der Waals surface area contributed by atoms with Crippen molar-refractivity contribution in [1.82, 2.24) is 0 Å². The molecule has 0 aliphatic rings. The number of aromatic hydroxyl groups is 1. The van der Waals surface area contributed by atoms with Crippen LogP contribution in [0.4, 0.5) is 0 Å². The minimum absolute atomic E-state index is 0.218. The van der Waals surface area contributed by atoms with E-state index in [4.69, 9.17) is 5.73 Å². The van der Waals surface area contributed by atoms with Gasteiger partial charge in [0.2, 0.25) is 0 Å². The number of hydrogen-bond donors (Lipinski definition) is 2. The summed E-state index contributed by atoms with van der Waals surface area (Å²) in [4.78, 5) is 0. The fourth-order valence-corrected chi connectivity index (χ4v) is 2.09. The summed E-state index contributed by atoms with van der Waals surface area (Å²) in [5.41, 5.74) is 6.11. The van der Waals surface area contributed by atoms with Crippen molar-refractivity contribution in [2.24, 2.45) is 5.73 Å². The van der Waals surface area contributed by atoms with E-state index in [2.05, 4.69) is 31.9 Å². The highest BCUT2D eigenvalue weighted by Crippen LogP contribution is 2.31. The molecule has 0 saturated carbocycles. The molecule has 0 aliphatic heterocycles. The van der Waals surface area contributed by atoms with Crippen LogP contribution in [0.1, 0.15) is 5.56 Å². The number of benzene rings is 1. The summed E-state index contributed by atoms with van der Waals surface area (Å²) in [6, 6.07) is 3.56. The summed E-state index contributed by atoms with van der Waals surface area (Å²) in [7, 11) is 0. The van der Waals surface area contributed by atoms with Crippen LogP contribution in [-0.4, -0.2) is 5.11 Å². The van der Waals surface area contributed by atoms with Crippen LogP contribution in [0.25, 0.3) is 0 Å². The molecule has 11 heavy (non-hydrogen) atoms. The standard InChI is InChI=1S/C7H7Br2NO/c8-5-1-4(3-10)7(11)6(9)2-5/h1-2,11H,3,10H2. The van der Waals surface area contributed by atoms with Crippen LogP contribution in [0, 0.1) is 0 Å². The SMILES string of the molecule is NCc1cc(Br)cc(Br)c1O. The molecule has 4 heteroatoms. The Kier molecular flexibility index (Phi) is 2.92. The van der Waals surface area contributed by atoms with Gasteiger partial charge >= 0.3 is 0 Å². The molecule has 0 radical (unpaired) electrons. The zero-order valence-corrected chi connectivity index (χ0v) is 8.81. The van der Waals surface area contributed by atoms with Crippen molar-refractivity contribution >= 4 is 31.9 Å². The Morgan fingerprint density at radius 2 is 2.00 bits per heavy atom. The van der Waals surface area contributed by atoms with Gasteiger partial charge in [-0.1, -0.05) is 15.9 Å². The van der Waals surface area contributed by atoms with Crippen molar-refractivity contribution in [2.45, 2.75) is 6.54 Å². The lowest BCUT2D eigenvalue weighted by Crippen LogP contribution is -1.96. The zero-order valence-electron chi connectivity index (χ0n) is 5.64. The molecule has 3 N–H and O–H groups in total. The van der Waals surface area contributed by atoms with Crippen LogP contribution >= 0.6 is 31.9 Å². The monoisotopic (exact) mass is 279 g/mol. The fourth-order valence-electron chi connectivity index (χ4n) is 0.775. The summed E-state index contributed by atoms with van der Waals surface area (Å²) in [5.74, 6) is 0.218. The second kappa shape index (κ2) is 3.56. The molecular weight excluding hydrogens is 274 g/mol. The molecule has 2 nitrogen and oxygen atoms in total. The largest absolute Gasteiger partial charge is 0.506 e. The number of halogens is 2. The molecule has 0 spiro atoms. The van der Waals surface area contributed by atoms with E-state index in [1.165, 1.54) is 0 Å². The molecule has 0 bridgehead atoms. The molecule has 0 amide bonds. The summed E-state index contributed by atoms with van der Waals surface area (Å²) >= 11 is 6.49. The van der Waals surface area contributed by atoms with Crippen LogP contribution in [-0.2, 0) is 6.54 Å². The molecule has 0 aliphatic carbocycles. The van der Waals surface area contributed by atoms with E-state index in [9.17, 15) is 5.11 Å². The summed E-state index contributed by atoms with van der Waals surface area (Å²) in [5, 5.41) is 9.37. The maximum absolute atomic E-state index is 9.37. The van der Waals surface area contributed by atoms with E-state index in [1.807, 2.05) is 0 Å². The highest BCUT2D eigenvalue weighted by molar-refractivity contribution is 9.11. The first kappa shape index (κ1) is 9.03. The smallest absolute Gasteiger partial charge is 0.134 e. The van der Waals surface area contributed by atoms with E-state index >= 15 is 0 Å². The third kappa shape index (κ3) is 1.95. The molecule has 0 fully saturated rings. The van der Waals surface area contributed by atoms with Crippen molar-refractivity contribution in [2.75, 3.05) is 0 Å². The minimum atomic E-state index is 0.218. The van der Waals surface area contributed by atoms with Gasteiger partial charge < -0.3 is 10.8 Å². The first-order valence-electron chi connectivity index (χ1n) is 3.02. The average Bonchev–Trinajstić information content (AvgIpc) is 1.96. The van der Waals surface area contributed by atoms with Gasteiger partial charge in [-0.2, -0.15) is 0 Å². The van der Waals surface area contributed by atoms with Crippen molar-refractivity contribution in [3.63, 3.8) is 0 Å². The summed E-state index contributed by atoms with van der Waals surface area (Å²) in [6.45, 7) is 0.337. The maximum atomic E-state index is 9.37. The van der Waals surface area contributed by atoms with Gasteiger partial charge in [0.05, 0.1) is 4.47 Å². The molecule has 1 aromatic carbocycles. The van der Waals surface area contributed by atoms with Gasteiger partial charge in [-0.3, -0.25) is 0 Å². The van der Waals surface area contributed by atoms with Crippen molar-refractivity contribution in [1.29, 1.82) is 0 Å². The Hall–Kier alpha value is -0.0600. The molecule has 60 valence electrons. The summed E-state index contributed by atoms with van der Waals surface area (Å²) in [6.07, 6.45) is 0. The van der Waals surface area contributed by atoms with E-state index in [-0.39, 0.29) is 5.75 Å². The molecule has 1 aromatic rings. The predicted molar refractivity (Wildman–Crippen MR) is 51.4 cm³/mol. The Morgan fingerprint density at radius 1 is 1.36 bits per heavy atom. The molecule has 0 aromatic heterocycles. The third-order valence-electron chi connectivity index (χ3n) is 1.33. The predicted octanol–water partition coefficient (Wildman–Crippen LogP) is 2.38. The van der Waals surface area contributed by atoms with E-state index in [1.54, 1.807) is 12.1 Å². The molecule has 0 unspecified atom stereocenters. The fraction of sp³-hybridized carbons (Fsp3) is 0.143. The third-order valence-corrected chi connectivity index (χ3v) is 2.39. The number of nitrogens with two attached hydrogens (primary N) is 1. The van der Waals surface area contributed by atoms with Crippen LogP contribution in [0.3, 0.4) is 0 Å².